The highest BCUT2D eigenvalue weighted by Gasteiger charge is 2.32. The van der Waals surface area contributed by atoms with Crippen molar-refractivity contribution in [1.29, 1.82) is 0 Å². The Labute approximate surface area is 142 Å². The van der Waals surface area contributed by atoms with Gasteiger partial charge in [0.05, 0.1) is 6.04 Å². The molecular weight excluding hydrogens is 300 g/mol. The summed E-state index contributed by atoms with van der Waals surface area (Å²) in [6.07, 6.45) is 4.13. The number of carbonyl (C=O) groups excluding carboxylic acids is 1. The van der Waals surface area contributed by atoms with Crippen LogP contribution in [0.1, 0.15) is 52.3 Å². The van der Waals surface area contributed by atoms with Crippen molar-refractivity contribution in [2.24, 2.45) is 0 Å². The van der Waals surface area contributed by atoms with Gasteiger partial charge in [-0.25, -0.2) is 0 Å². The number of carbonyl (C=O) groups is 1. The number of aryl methyl sites for hydroxylation is 2. The summed E-state index contributed by atoms with van der Waals surface area (Å²) in [4.78, 5) is 15.1. The number of fused-ring (bicyclic) bond motifs is 1. The predicted octanol–water partition coefficient (Wildman–Crippen LogP) is 2.25. The van der Waals surface area contributed by atoms with Crippen LogP contribution in [0.2, 0.25) is 0 Å². The van der Waals surface area contributed by atoms with Crippen LogP contribution in [0.25, 0.3) is 0 Å². The van der Waals surface area contributed by atoms with Gasteiger partial charge < -0.3 is 10.2 Å². The third-order valence-corrected chi connectivity index (χ3v) is 5.29. The number of hydrogen-bond donors (Lipinski definition) is 2. The van der Waals surface area contributed by atoms with E-state index in [0.717, 1.165) is 56.6 Å². The zero-order chi connectivity index (χ0) is 16.5. The molecule has 0 bridgehead atoms. The first-order chi connectivity index (χ1) is 11.8. The maximum atomic E-state index is 13.1. The second kappa shape index (κ2) is 6.40. The Morgan fingerprint density at radius 1 is 1.29 bits per heavy atom. The SMILES string of the molecule is CCc1ccc(C2CNCCN2C(=O)c2n[nH]c3c2CCC3)cc1. The maximum Gasteiger partial charge on any atom is 0.275 e. The summed E-state index contributed by atoms with van der Waals surface area (Å²) in [5.74, 6) is 0.0699. The number of benzene rings is 1. The summed E-state index contributed by atoms with van der Waals surface area (Å²) in [5, 5.41) is 10.8. The monoisotopic (exact) mass is 324 g/mol. The van der Waals surface area contributed by atoms with E-state index in [0.29, 0.717) is 5.69 Å². The lowest BCUT2D eigenvalue weighted by Crippen LogP contribution is -2.49. The summed E-state index contributed by atoms with van der Waals surface area (Å²) >= 11 is 0. The number of hydrogen-bond acceptors (Lipinski definition) is 3. The molecule has 1 amide bonds. The molecule has 2 aliphatic rings. The third-order valence-electron chi connectivity index (χ3n) is 5.29. The van der Waals surface area contributed by atoms with E-state index < -0.39 is 0 Å². The average Bonchev–Trinajstić information content (AvgIpc) is 3.25. The molecule has 24 heavy (non-hydrogen) atoms. The van der Waals surface area contributed by atoms with Crippen LogP contribution >= 0.6 is 0 Å². The molecule has 0 radical (unpaired) electrons. The largest absolute Gasteiger partial charge is 0.328 e. The van der Waals surface area contributed by atoms with Crippen molar-refractivity contribution in [3.05, 3.63) is 52.3 Å². The Hall–Kier alpha value is -2.14. The number of H-pyrrole nitrogens is 1. The molecule has 5 nitrogen and oxygen atoms in total. The van der Waals surface area contributed by atoms with Gasteiger partial charge in [-0.15, -0.1) is 0 Å². The van der Waals surface area contributed by atoms with Gasteiger partial charge in [-0.05, 0) is 36.8 Å². The van der Waals surface area contributed by atoms with E-state index in [-0.39, 0.29) is 11.9 Å². The second-order valence-corrected chi connectivity index (χ2v) is 6.70. The number of rotatable bonds is 3. The van der Waals surface area contributed by atoms with Gasteiger partial charge in [0.25, 0.3) is 5.91 Å². The minimum Gasteiger partial charge on any atom is -0.328 e. The molecular formula is C19H24N4O. The second-order valence-electron chi connectivity index (χ2n) is 6.70. The molecule has 126 valence electrons. The van der Waals surface area contributed by atoms with Gasteiger partial charge in [0, 0.05) is 30.9 Å². The quantitative estimate of drug-likeness (QED) is 0.910. The van der Waals surface area contributed by atoms with E-state index in [9.17, 15) is 4.79 Å². The first kappa shape index (κ1) is 15.4. The number of nitrogens with zero attached hydrogens (tertiary/aromatic N) is 2. The number of amides is 1. The zero-order valence-electron chi connectivity index (χ0n) is 14.1. The van der Waals surface area contributed by atoms with Crippen molar-refractivity contribution in [1.82, 2.24) is 20.4 Å². The number of nitrogens with one attached hydrogen (secondary N) is 2. The molecule has 0 spiro atoms. The van der Waals surface area contributed by atoms with Crippen LogP contribution in [0.3, 0.4) is 0 Å². The molecule has 4 rings (SSSR count). The number of piperazine rings is 1. The van der Waals surface area contributed by atoms with Crippen molar-refractivity contribution >= 4 is 5.91 Å². The standard InChI is InChI=1S/C19H24N4O/c1-2-13-6-8-14(9-7-13)17-12-20-10-11-23(17)19(24)18-15-4-3-5-16(15)21-22-18/h6-9,17,20H,2-5,10-12H2,1H3,(H,21,22). The highest BCUT2D eigenvalue weighted by molar-refractivity contribution is 5.94. The van der Waals surface area contributed by atoms with Crippen molar-refractivity contribution in [2.75, 3.05) is 19.6 Å². The minimum atomic E-state index is 0.0699. The summed E-state index contributed by atoms with van der Waals surface area (Å²) < 4.78 is 0. The van der Waals surface area contributed by atoms with Gasteiger partial charge in [0.15, 0.2) is 5.69 Å². The smallest absolute Gasteiger partial charge is 0.275 e. The van der Waals surface area contributed by atoms with Crippen molar-refractivity contribution < 1.29 is 4.79 Å². The fourth-order valence-electron chi connectivity index (χ4n) is 3.85. The molecule has 1 aliphatic carbocycles. The van der Waals surface area contributed by atoms with Crippen molar-refractivity contribution in [3.63, 3.8) is 0 Å². The van der Waals surface area contributed by atoms with Crippen LogP contribution in [0, 0.1) is 0 Å². The van der Waals surface area contributed by atoms with Crippen LogP contribution in [0.15, 0.2) is 24.3 Å². The Morgan fingerprint density at radius 3 is 2.92 bits per heavy atom. The molecule has 2 heterocycles. The molecule has 1 unspecified atom stereocenters. The average molecular weight is 324 g/mol. The molecule has 1 aliphatic heterocycles. The molecule has 0 saturated carbocycles. The third kappa shape index (κ3) is 2.63. The Morgan fingerprint density at radius 2 is 2.12 bits per heavy atom. The van der Waals surface area contributed by atoms with E-state index in [2.05, 4.69) is 46.7 Å². The van der Waals surface area contributed by atoms with Crippen LogP contribution < -0.4 is 5.32 Å². The minimum absolute atomic E-state index is 0.0699. The fourth-order valence-corrected chi connectivity index (χ4v) is 3.85. The first-order valence-electron chi connectivity index (χ1n) is 8.94. The summed E-state index contributed by atoms with van der Waals surface area (Å²) in [7, 11) is 0. The first-order valence-corrected chi connectivity index (χ1v) is 8.94. The molecule has 1 aromatic heterocycles. The molecule has 2 N–H and O–H groups in total. The summed E-state index contributed by atoms with van der Waals surface area (Å²) in [6.45, 7) is 4.51. The van der Waals surface area contributed by atoms with Crippen LogP contribution in [-0.4, -0.2) is 40.6 Å². The van der Waals surface area contributed by atoms with E-state index in [1.54, 1.807) is 0 Å². The molecule has 1 fully saturated rings. The van der Waals surface area contributed by atoms with Gasteiger partial charge in [-0.1, -0.05) is 31.2 Å². The van der Waals surface area contributed by atoms with E-state index in [4.69, 9.17) is 0 Å². The van der Waals surface area contributed by atoms with E-state index in [1.165, 1.54) is 11.1 Å². The van der Waals surface area contributed by atoms with Crippen molar-refractivity contribution in [3.8, 4) is 0 Å². The molecule has 1 atom stereocenters. The summed E-state index contributed by atoms with van der Waals surface area (Å²) in [6, 6.07) is 8.72. The fraction of sp³-hybridized carbons (Fsp3) is 0.474. The van der Waals surface area contributed by atoms with E-state index in [1.807, 2.05) is 4.90 Å². The topological polar surface area (TPSA) is 61.0 Å². The van der Waals surface area contributed by atoms with Crippen LogP contribution in [-0.2, 0) is 19.3 Å². The van der Waals surface area contributed by atoms with Gasteiger partial charge in [0.2, 0.25) is 0 Å². The lowest BCUT2D eigenvalue weighted by Gasteiger charge is -2.36. The lowest BCUT2D eigenvalue weighted by molar-refractivity contribution is 0.0627. The van der Waals surface area contributed by atoms with Crippen LogP contribution in [0.4, 0.5) is 0 Å². The normalized spacial score (nSPS) is 20.2. The molecule has 2 aromatic rings. The highest BCUT2D eigenvalue weighted by atomic mass is 16.2. The molecule has 1 aromatic carbocycles. The maximum absolute atomic E-state index is 13.1. The van der Waals surface area contributed by atoms with Crippen LogP contribution in [0.5, 0.6) is 0 Å². The highest BCUT2D eigenvalue weighted by Crippen LogP contribution is 2.28. The van der Waals surface area contributed by atoms with Gasteiger partial charge in [0.1, 0.15) is 0 Å². The Bertz CT molecular complexity index is 734. The predicted molar refractivity (Wildman–Crippen MR) is 93.1 cm³/mol. The van der Waals surface area contributed by atoms with E-state index >= 15 is 0 Å². The lowest BCUT2D eigenvalue weighted by atomic mass is 10.00. The molecule has 1 saturated heterocycles. The van der Waals surface area contributed by atoms with Crippen molar-refractivity contribution in [2.45, 2.75) is 38.6 Å². The number of aromatic nitrogens is 2. The van der Waals surface area contributed by atoms with Gasteiger partial charge in [-0.3, -0.25) is 9.89 Å². The summed E-state index contributed by atoms with van der Waals surface area (Å²) in [5.41, 5.74) is 5.45. The Kier molecular flexibility index (Phi) is 4.10. The Balaban J connectivity index is 1.62. The zero-order valence-corrected chi connectivity index (χ0v) is 14.1. The number of aromatic amines is 1. The molecule has 5 heteroatoms. The van der Waals surface area contributed by atoms with Gasteiger partial charge >= 0.3 is 0 Å². The van der Waals surface area contributed by atoms with Gasteiger partial charge in [-0.2, -0.15) is 5.10 Å².